The summed E-state index contributed by atoms with van der Waals surface area (Å²) in [4.78, 5) is 0. The van der Waals surface area contributed by atoms with E-state index < -0.39 is 8.38 Å². The molecule has 0 saturated carbocycles. The fraction of sp³-hybridized carbons (Fsp3) is 1.00. The molecule has 1 atom stereocenters. The summed E-state index contributed by atoms with van der Waals surface area (Å²) in [5.41, 5.74) is 0. The predicted octanol–water partition coefficient (Wildman–Crippen LogP) is 1.69. The van der Waals surface area contributed by atoms with Crippen LogP contribution in [0, 0.1) is 0 Å². The van der Waals surface area contributed by atoms with Crippen molar-refractivity contribution in [2.24, 2.45) is 0 Å². The topological polar surface area (TPSA) is 47.9 Å². The lowest BCUT2D eigenvalue weighted by Gasteiger charge is -2.21. The fourth-order valence-corrected chi connectivity index (χ4v) is 3.37. The molecule has 13 heavy (non-hydrogen) atoms. The molecule has 0 aliphatic carbocycles. The third kappa shape index (κ3) is 5.90. The summed E-state index contributed by atoms with van der Waals surface area (Å²) in [6.45, 7) is 2.49. The summed E-state index contributed by atoms with van der Waals surface area (Å²) < 4.78 is 16.1. The van der Waals surface area contributed by atoms with Gasteiger partial charge in [-0.2, -0.15) is 0 Å². The Morgan fingerprint density at radius 3 is 2.85 bits per heavy atom. The van der Waals surface area contributed by atoms with Gasteiger partial charge < -0.3 is 18.7 Å². The van der Waals surface area contributed by atoms with Gasteiger partial charge in [-0.1, -0.05) is 0 Å². The molecule has 78 valence electrons. The number of hydrogen-bond donors (Lipinski definition) is 1. The lowest BCUT2D eigenvalue weighted by atomic mass is 10.5. The van der Waals surface area contributed by atoms with Crippen LogP contribution >= 0.6 is 17.2 Å². The molecule has 1 heterocycles. The second-order valence-corrected chi connectivity index (χ2v) is 5.60. The Kier molecular flexibility index (Phi) is 7.29. The molecule has 1 saturated heterocycles. The Labute approximate surface area is 81.7 Å². The van der Waals surface area contributed by atoms with Gasteiger partial charge >= 0.3 is 0 Å². The van der Waals surface area contributed by atoms with Crippen LogP contribution in [0.25, 0.3) is 0 Å². The van der Waals surface area contributed by atoms with Crippen molar-refractivity contribution in [3.05, 3.63) is 0 Å². The van der Waals surface area contributed by atoms with E-state index in [1.165, 1.54) is 0 Å². The highest BCUT2D eigenvalue weighted by atomic mass is 31.2. The molecule has 1 fully saturated rings. The van der Waals surface area contributed by atoms with E-state index in [-0.39, 0.29) is 6.61 Å². The molecule has 1 aliphatic rings. The van der Waals surface area contributed by atoms with E-state index in [0.29, 0.717) is 21.8 Å². The quantitative estimate of drug-likeness (QED) is 0.553. The maximum Gasteiger partial charge on any atom is 0.177 e. The monoisotopic (exact) mass is 226 g/mol. The van der Waals surface area contributed by atoms with Crippen molar-refractivity contribution in [1.82, 2.24) is 0 Å². The van der Waals surface area contributed by atoms with E-state index in [1.54, 1.807) is 0 Å². The van der Waals surface area contributed by atoms with Crippen LogP contribution in [0.4, 0.5) is 0 Å². The Morgan fingerprint density at radius 2 is 2.15 bits per heavy atom. The van der Waals surface area contributed by atoms with Crippen LogP contribution in [0.5, 0.6) is 0 Å². The van der Waals surface area contributed by atoms with E-state index in [4.69, 9.17) is 18.7 Å². The van der Waals surface area contributed by atoms with Crippen molar-refractivity contribution in [3.8, 4) is 0 Å². The first-order valence-electron chi connectivity index (χ1n) is 4.42. The minimum absolute atomic E-state index is 0.201. The number of aliphatic hydroxyl groups is 1. The minimum Gasteiger partial charge on any atom is -0.396 e. The third-order valence-electron chi connectivity index (χ3n) is 1.46. The van der Waals surface area contributed by atoms with E-state index >= 15 is 0 Å². The van der Waals surface area contributed by atoms with Crippen molar-refractivity contribution < 1.29 is 18.7 Å². The molecular formula is C7H16O4P2. The molecule has 0 spiro atoms. The Bertz CT molecular complexity index is 119. The second kappa shape index (κ2) is 8.05. The van der Waals surface area contributed by atoms with Gasteiger partial charge in [0.1, 0.15) is 0 Å². The van der Waals surface area contributed by atoms with Gasteiger partial charge in [0.05, 0.1) is 25.7 Å². The van der Waals surface area contributed by atoms with Crippen molar-refractivity contribution in [2.75, 3.05) is 32.3 Å². The van der Waals surface area contributed by atoms with Gasteiger partial charge in [-0.25, -0.2) is 0 Å². The van der Waals surface area contributed by atoms with Gasteiger partial charge in [0.2, 0.25) is 0 Å². The largest absolute Gasteiger partial charge is 0.396 e. The number of aliphatic hydroxyl groups excluding tert-OH is 1. The lowest BCUT2D eigenvalue weighted by Crippen LogP contribution is -2.05. The molecule has 1 rings (SSSR count). The van der Waals surface area contributed by atoms with Crippen LogP contribution in [-0.4, -0.2) is 37.4 Å². The summed E-state index contributed by atoms with van der Waals surface area (Å²) in [5.74, 6) is 0.876. The normalized spacial score (nSPS) is 20.1. The van der Waals surface area contributed by atoms with Crippen molar-refractivity contribution in [1.29, 1.82) is 0 Å². The zero-order chi connectivity index (χ0) is 9.36. The smallest absolute Gasteiger partial charge is 0.177 e. The maximum atomic E-state index is 8.49. The SMILES string of the molecule is OCCCOPCP1OCCCO1. The number of rotatable bonds is 6. The Hall–Kier alpha value is 0.700. The van der Waals surface area contributed by atoms with Gasteiger partial charge in [-0.15, -0.1) is 0 Å². The summed E-state index contributed by atoms with van der Waals surface area (Å²) in [6.07, 6.45) is 1.72. The summed E-state index contributed by atoms with van der Waals surface area (Å²) in [7, 11) is -0.227. The van der Waals surface area contributed by atoms with Gasteiger partial charge in [0.25, 0.3) is 0 Å². The summed E-state index contributed by atoms with van der Waals surface area (Å²) in [6, 6.07) is 0. The lowest BCUT2D eigenvalue weighted by molar-refractivity contribution is 0.184. The molecular weight excluding hydrogens is 210 g/mol. The zero-order valence-corrected chi connectivity index (χ0v) is 9.46. The van der Waals surface area contributed by atoms with Crippen molar-refractivity contribution >= 4 is 17.2 Å². The molecule has 0 bridgehead atoms. The average molecular weight is 226 g/mol. The summed E-state index contributed by atoms with van der Waals surface area (Å²) >= 11 is 0. The van der Waals surface area contributed by atoms with Crippen LogP contribution in [0.2, 0.25) is 0 Å². The maximum absolute atomic E-state index is 8.49. The van der Waals surface area contributed by atoms with Crippen LogP contribution in [-0.2, 0) is 13.6 Å². The average Bonchev–Trinajstić information content (AvgIpc) is 2.19. The molecule has 0 radical (unpaired) electrons. The minimum atomic E-state index is -0.668. The van der Waals surface area contributed by atoms with Crippen LogP contribution in [0.3, 0.4) is 0 Å². The molecule has 0 aromatic rings. The first kappa shape index (κ1) is 11.8. The van der Waals surface area contributed by atoms with Gasteiger partial charge in [0.15, 0.2) is 8.38 Å². The van der Waals surface area contributed by atoms with Crippen molar-refractivity contribution in [3.63, 3.8) is 0 Å². The van der Waals surface area contributed by atoms with Gasteiger partial charge in [0, 0.05) is 15.4 Å². The predicted molar refractivity (Wildman–Crippen MR) is 54.3 cm³/mol. The Balaban J connectivity index is 1.86. The number of hydrogen-bond acceptors (Lipinski definition) is 4. The van der Waals surface area contributed by atoms with Crippen LogP contribution in [0.15, 0.2) is 0 Å². The highest BCUT2D eigenvalue weighted by Gasteiger charge is 2.14. The highest BCUT2D eigenvalue weighted by Crippen LogP contribution is 2.46. The molecule has 0 aromatic carbocycles. The fourth-order valence-electron chi connectivity index (χ4n) is 0.827. The summed E-state index contributed by atoms with van der Waals surface area (Å²) in [5, 5.41) is 8.49. The molecule has 0 aromatic heterocycles. The van der Waals surface area contributed by atoms with Crippen LogP contribution in [0.1, 0.15) is 12.8 Å². The molecule has 4 nitrogen and oxygen atoms in total. The molecule has 1 N–H and O–H groups in total. The van der Waals surface area contributed by atoms with Gasteiger partial charge in [-0.05, 0) is 12.8 Å². The van der Waals surface area contributed by atoms with E-state index in [9.17, 15) is 0 Å². The van der Waals surface area contributed by atoms with E-state index in [0.717, 1.165) is 25.5 Å². The standard InChI is InChI=1S/C7H16O4P2/c8-3-1-4-9-12-7-13-10-5-2-6-11-13/h8,12H,1-7H2. The third-order valence-corrected chi connectivity index (χ3v) is 4.36. The van der Waals surface area contributed by atoms with E-state index in [1.807, 2.05) is 0 Å². The molecule has 1 aliphatic heterocycles. The highest BCUT2D eigenvalue weighted by molar-refractivity contribution is 7.59. The van der Waals surface area contributed by atoms with Crippen LogP contribution < -0.4 is 0 Å². The molecule has 0 amide bonds. The first-order chi connectivity index (χ1) is 6.43. The molecule has 6 heteroatoms. The van der Waals surface area contributed by atoms with Gasteiger partial charge in [-0.3, -0.25) is 0 Å². The Morgan fingerprint density at radius 1 is 1.38 bits per heavy atom. The first-order valence-corrected chi connectivity index (χ1v) is 6.90. The zero-order valence-electron chi connectivity index (χ0n) is 7.57. The van der Waals surface area contributed by atoms with Crippen molar-refractivity contribution in [2.45, 2.75) is 12.8 Å². The second-order valence-electron chi connectivity index (χ2n) is 2.58. The molecule has 1 unspecified atom stereocenters. The van der Waals surface area contributed by atoms with E-state index in [2.05, 4.69) is 0 Å².